The number of aliphatic hydroxyl groups excluding tert-OH is 1. The zero-order chi connectivity index (χ0) is 2.00. The van der Waals surface area contributed by atoms with E-state index in [0.29, 0.717) is 0 Å². The van der Waals surface area contributed by atoms with Gasteiger partial charge >= 0.3 is 0 Å². The highest BCUT2D eigenvalue weighted by Crippen LogP contribution is 0.755. The van der Waals surface area contributed by atoms with Gasteiger partial charge in [0.15, 0.2) is 0 Å². The molecule has 0 aliphatic heterocycles. The molecular weight excluding hydrogens is 105 g/mol. The van der Waals surface area contributed by atoms with Crippen LogP contribution in [-0.4, -0.2) is 17.7 Å². The van der Waals surface area contributed by atoms with E-state index in [0.717, 1.165) is 7.11 Å². The van der Waals surface area contributed by atoms with Crippen molar-refractivity contribution in [3.63, 3.8) is 0 Å². The Morgan fingerprint density at radius 1 is 1.17 bits per heavy atom. The van der Waals surface area contributed by atoms with Gasteiger partial charge in [0, 0.05) is 7.11 Å². The van der Waals surface area contributed by atoms with Crippen molar-refractivity contribution in [2.75, 3.05) is 7.11 Å². The van der Waals surface area contributed by atoms with Gasteiger partial charge in [-0.3, -0.25) is 0 Å². The van der Waals surface area contributed by atoms with Crippen molar-refractivity contribution in [1.82, 2.24) is 6.15 Å². The molecule has 0 aromatic carbocycles. The molecule has 0 fully saturated rings. The van der Waals surface area contributed by atoms with E-state index in [1.807, 2.05) is 0 Å². The third-order valence-corrected chi connectivity index (χ3v) is 0. The van der Waals surface area contributed by atoms with E-state index in [1.54, 1.807) is 0 Å². The summed E-state index contributed by atoms with van der Waals surface area (Å²) < 4.78 is 0. The fourth-order valence-corrected chi connectivity index (χ4v) is 0. The third kappa shape index (κ3) is 1450. The Labute approximate surface area is 44.7 Å². The average molecular weight is 120 g/mol. The number of hydrogen-bond donors (Lipinski definition) is 2. The van der Waals surface area contributed by atoms with Crippen LogP contribution >= 0.6 is 12.4 Å². The van der Waals surface area contributed by atoms with Crippen LogP contribution in [-0.2, 0) is 0 Å². The summed E-state index contributed by atoms with van der Waals surface area (Å²) >= 11 is 0. The second kappa shape index (κ2) is 3110. The highest BCUT2D eigenvalue weighted by atomic mass is 35.5. The first-order valence-corrected chi connectivity index (χ1v) is 0.447. The Bertz CT molecular complexity index is 11.5. The van der Waals surface area contributed by atoms with E-state index in [2.05, 4.69) is 0 Å². The van der Waals surface area contributed by atoms with Gasteiger partial charge < -0.3 is 16.7 Å². The zero-order valence-electron chi connectivity index (χ0n) is 3.06. The lowest BCUT2D eigenvalue weighted by Crippen LogP contribution is -1.25. The number of aliphatic hydroxyl groups is 1. The quantitative estimate of drug-likeness (QED) is 0.470. The van der Waals surface area contributed by atoms with Gasteiger partial charge in [-0.15, -0.1) is 12.4 Å². The van der Waals surface area contributed by atoms with Gasteiger partial charge in [0.25, 0.3) is 0 Å². The molecule has 0 amide bonds. The van der Waals surface area contributed by atoms with Crippen molar-refractivity contribution >= 4 is 12.4 Å². The maximum absolute atomic E-state index is 7.00. The van der Waals surface area contributed by atoms with Crippen LogP contribution in [0.2, 0.25) is 0 Å². The van der Waals surface area contributed by atoms with Crippen molar-refractivity contribution < 1.29 is 10.6 Å². The van der Waals surface area contributed by atoms with Crippen LogP contribution in [0.3, 0.4) is 0 Å². The predicted octanol–water partition coefficient (Wildman–Crippen LogP) is 0.00370. The molecule has 0 radical (unpaired) electrons. The van der Waals surface area contributed by atoms with E-state index in [1.165, 1.54) is 0 Å². The van der Waals surface area contributed by atoms with Gasteiger partial charge in [-0.25, -0.2) is 0 Å². The minimum absolute atomic E-state index is 0. The van der Waals surface area contributed by atoms with Crippen LogP contribution in [0.1, 0.15) is 7.43 Å². The molecule has 0 saturated carbocycles. The topological polar surface area (TPSA) is 86.7 Å². The van der Waals surface area contributed by atoms with Crippen LogP contribution in [0, 0.1) is 0 Å². The minimum Gasteiger partial charge on any atom is -0.412 e. The standard InChI is InChI=1S/CH4O.CH4.ClH.H3N.H2O/c1-2;;;;/h2H,1H3;1H4;1H;1H3;1H2. The Morgan fingerprint density at radius 3 is 1.17 bits per heavy atom. The van der Waals surface area contributed by atoms with Gasteiger partial charge in [-0.2, -0.15) is 0 Å². The first-order valence-electron chi connectivity index (χ1n) is 0.447. The Hall–Kier alpha value is 0.170. The number of rotatable bonds is 0. The zero-order valence-corrected chi connectivity index (χ0v) is 3.88. The molecule has 6 heavy (non-hydrogen) atoms. The SMILES string of the molecule is C.CO.Cl.N.O. The molecule has 6 N–H and O–H groups in total. The first-order chi connectivity index (χ1) is 1.00. The predicted molar refractivity (Wildman–Crippen MR) is 30.8 cm³/mol. The molecule has 0 rings (SSSR count). The molecule has 0 heterocycles. The molecule has 0 saturated heterocycles. The smallest absolute Gasteiger partial charge is 0.0319 e. The van der Waals surface area contributed by atoms with Gasteiger partial charge in [-0.05, 0) is 0 Å². The summed E-state index contributed by atoms with van der Waals surface area (Å²) in [6.45, 7) is 0. The van der Waals surface area contributed by atoms with Crippen LogP contribution in [0.15, 0.2) is 0 Å². The molecular formula is C2H14ClNO2. The molecule has 0 atom stereocenters. The van der Waals surface area contributed by atoms with Crippen LogP contribution < -0.4 is 6.15 Å². The molecule has 0 spiro atoms. The van der Waals surface area contributed by atoms with E-state index < -0.39 is 0 Å². The van der Waals surface area contributed by atoms with Gasteiger partial charge in [-0.1, -0.05) is 7.43 Å². The van der Waals surface area contributed by atoms with Crippen LogP contribution in [0.4, 0.5) is 0 Å². The van der Waals surface area contributed by atoms with Crippen molar-refractivity contribution in [2.24, 2.45) is 0 Å². The van der Waals surface area contributed by atoms with Crippen LogP contribution in [0.25, 0.3) is 0 Å². The normalized spacial score (nSPS) is 1.00. The summed E-state index contributed by atoms with van der Waals surface area (Å²) in [5.74, 6) is 0. The average Bonchev–Trinajstić information content (AvgIpc) is 1.00. The summed E-state index contributed by atoms with van der Waals surface area (Å²) in [5.41, 5.74) is 0. The molecule has 3 nitrogen and oxygen atoms in total. The molecule has 0 bridgehead atoms. The van der Waals surface area contributed by atoms with Gasteiger partial charge in [0.2, 0.25) is 0 Å². The maximum atomic E-state index is 7.00. The maximum Gasteiger partial charge on any atom is 0.0319 e. The second-order valence-corrected chi connectivity index (χ2v) is 0. The summed E-state index contributed by atoms with van der Waals surface area (Å²) in [5, 5.41) is 7.00. The largest absolute Gasteiger partial charge is 0.412 e. The van der Waals surface area contributed by atoms with E-state index in [9.17, 15) is 0 Å². The number of halogens is 1. The molecule has 0 aliphatic rings. The lowest BCUT2D eigenvalue weighted by atomic mass is 11.8. The first kappa shape index (κ1) is 120. The minimum atomic E-state index is 0. The molecule has 0 unspecified atom stereocenters. The van der Waals surface area contributed by atoms with Crippen molar-refractivity contribution in [2.45, 2.75) is 7.43 Å². The Morgan fingerprint density at radius 2 is 1.17 bits per heavy atom. The second-order valence-electron chi connectivity index (χ2n) is 0. The highest BCUT2D eigenvalue weighted by Gasteiger charge is 0.839. The fourth-order valence-electron chi connectivity index (χ4n) is 0. The molecule has 0 aliphatic carbocycles. The molecule has 0 aromatic rings. The monoisotopic (exact) mass is 119 g/mol. The summed E-state index contributed by atoms with van der Waals surface area (Å²) in [6, 6.07) is 0. The lowest BCUT2D eigenvalue weighted by molar-refractivity contribution is 0.399. The lowest BCUT2D eigenvalue weighted by Gasteiger charge is -1.21. The summed E-state index contributed by atoms with van der Waals surface area (Å²) in [4.78, 5) is 0. The molecule has 0 aromatic heterocycles. The van der Waals surface area contributed by atoms with Crippen LogP contribution in [0.5, 0.6) is 0 Å². The number of hydrogen-bond acceptors (Lipinski definition) is 2. The van der Waals surface area contributed by atoms with Gasteiger partial charge in [0.1, 0.15) is 0 Å². The van der Waals surface area contributed by atoms with E-state index in [-0.39, 0.29) is 31.5 Å². The van der Waals surface area contributed by atoms with E-state index in [4.69, 9.17) is 5.11 Å². The fraction of sp³-hybridized carbons (Fsp3) is 1.00. The third-order valence-electron chi connectivity index (χ3n) is 0. The molecule has 4 heteroatoms. The van der Waals surface area contributed by atoms with Crippen molar-refractivity contribution in [3.8, 4) is 0 Å². The van der Waals surface area contributed by atoms with Crippen molar-refractivity contribution in [1.29, 1.82) is 0 Å². The summed E-state index contributed by atoms with van der Waals surface area (Å²) in [6.07, 6.45) is 0. The Kier molecular flexibility index (Phi) is 62500. The summed E-state index contributed by atoms with van der Waals surface area (Å²) in [7, 11) is 1.00. The van der Waals surface area contributed by atoms with E-state index >= 15 is 0 Å². The Balaban J connectivity index is -0.000000000833. The van der Waals surface area contributed by atoms with Gasteiger partial charge in [0.05, 0.1) is 0 Å². The highest BCUT2D eigenvalue weighted by molar-refractivity contribution is 5.85. The molecule has 46 valence electrons. The van der Waals surface area contributed by atoms with Crippen molar-refractivity contribution in [3.05, 3.63) is 0 Å².